The lowest BCUT2D eigenvalue weighted by atomic mass is 9.95. The van der Waals surface area contributed by atoms with Crippen molar-refractivity contribution in [3.8, 4) is 0 Å². The van der Waals surface area contributed by atoms with Crippen molar-refractivity contribution < 1.29 is 59.1 Å². The molecule has 0 saturated carbocycles. The monoisotopic (exact) mass is 804 g/mol. The number of hydrogen-bond donors (Lipinski definition) is 12. The number of hydrogen-bond acceptors (Lipinski definition) is 13. The van der Waals surface area contributed by atoms with Crippen LogP contribution in [0.3, 0.4) is 0 Å². The zero-order chi connectivity index (χ0) is 41.1. The highest BCUT2D eigenvalue weighted by molar-refractivity contribution is 7.99. The Morgan fingerprint density at radius 2 is 1.45 bits per heavy atom. The number of aliphatic hydroxyl groups is 5. The number of amides is 7. The van der Waals surface area contributed by atoms with Gasteiger partial charge >= 0.3 is 0 Å². The maximum absolute atomic E-state index is 14.3. The number of nitrogens with one attached hydrogen (secondary N) is 7. The second-order valence-corrected chi connectivity index (χ2v) is 15.5. The number of para-hydroxylation sites is 1. The van der Waals surface area contributed by atoms with Crippen LogP contribution in [0.4, 0.5) is 0 Å². The third-order valence-electron chi connectivity index (χ3n) is 10.1. The summed E-state index contributed by atoms with van der Waals surface area (Å²) in [4.78, 5) is 101. The molecule has 1 aromatic carbocycles. The van der Waals surface area contributed by atoms with Gasteiger partial charge in [-0.1, -0.05) is 18.2 Å². The molecule has 7 amide bonds. The number of benzene rings is 1. The predicted molar refractivity (Wildman–Crippen MR) is 197 cm³/mol. The van der Waals surface area contributed by atoms with Crippen molar-refractivity contribution in [1.82, 2.24) is 41.8 Å². The predicted octanol–water partition coefficient (Wildman–Crippen LogP) is -4.77. The topological polar surface area (TPSA) is 312 Å². The van der Waals surface area contributed by atoms with E-state index in [1.165, 1.54) is 20.8 Å². The Morgan fingerprint density at radius 1 is 0.821 bits per heavy atom. The molecule has 12 N–H and O–H groups in total. The van der Waals surface area contributed by atoms with E-state index in [-0.39, 0.29) is 25.1 Å². The lowest BCUT2D eigenvalue weighted by molar-refractivity contribution is -0.142. The summed E-state index contributed by atoms with van der Waals surface area (Å²) in [5.74, 6) is -6.60. The minimum atomic E-state index is -2.30. The van der Waals surface area contributed by atoms with Gasteiger partial charge in [-0.3, -0.25) is 33.6 Å². The van der Waals surface area contributed by atoms with E-state index in [0.29, 0.717) is 21.5 Å². The van der Waals surface area contributed by atoms with Crippen LogP contribution in [0.15, 0.2) is 29.3 Å². The second-order valence-electron chi connectivity index (χ2n) is 14.5. The van der Waals surface area contributed by atoms with Crippen LogP contribution in [0.2, 0.25) is 0 Å². The van der Waals surface area contributed by atoms with Gasteiger partial charge in [-0.25, -0.2) is 0 Å². The molecule has 1 saturated heterocycles. The zero-order valence-electron chi connectivity index (χ0n) is 30.9. The maximum Gasteiger partial charge on any atom is 0.246 e. The second kappa shape index (κ2) is 17.6. The quantitative estimate of drug-likeness (QED) is 0.135. The third kappa shape index (κ3) is 9.41. The molecule has 9 unspecified atom stereocenters. The molecule has 306 valence electrons. The first-order valence-electron chi connectivity index (χ1n) is 18.1. The lowest BCUT2D eigenvalue weighted by Crippen LogP contribution is -2.62. The molecule has 5 rings (SSSR count). The van der Waals surface area contributed by atoms with E-state index in [1.807, 2.05) is 0 Å². The minimum absolute atomic E-state index is 0.194. The molecule has 9 atom stereocenters. The van der Waals surface area contributed by atoms with E-state index in [1.54, 1.807) is 24.3 Å². The Bertz CT molecular complexity index is 1850. The Labute approximate surface area is 324 Å². The molecular weight excluding hydrogens is 756 g/mol. The van der Waals surface area contributed by atoms with E-state index in [0.717, 1.165) is 16.7 Å². The van der Waals surface area contributed by atoms with Crippen molar-refractivity contribution in [2.75, 3.05) is 25.5 Å². The van der Waals surface area contributed by atoms with Gasteiger partial charge in [-0.05, 0) is 32.4 Å². The van der Waals surface area contributed by atoms with Gasteiger partial charge in [-0.2, -0.15) is 0 Å². The molecule has 2 bridgehead atoms. The number of carbonyl (C=O) groups excluding carboxylic acids is 7. The van der Waals surface area contributed by atoms with Crippen LogP contribution in [-0.2, 0) is 40.0 Å². The molecule has 56 heavy (non-hydrogen) atoms. The number of carbonyl (C=O) groups is 7. The van der Waals surface area contributed by atoms with Crippen LogP contribution >= 0.6 is 11.8 Å². The first kappa shape index (κ1) is 42.3. The highest BCUT2D eigenvalue weighted by Crippen LogP contribution is 2.32. The largest absolute Gasteiger partial charge is 0.393 e. The SMILES string of the molecule is CC1NC(=O)C(CC(O)(CO)CO)NC(=O)C2Cc3c([nH]c4ccccc34)SCC(NC(=O)C(C(C)O)NC1=O)C(=O)N1CC(O)CC1C(=O)NC(C)C(=O)N2. The molecule has 0 spiro atoms. The molecule has 0 radical (unpaired) electrons. The zero-order valence-corrected chi connectivity index (χ0v) is 31.7. The number of fused-ring (bicyclic) bond motifs is 5. The Balaban J connectivity index is 1.69. The van der Waals surface area contributed by atoms with Gasteiger partial charge in [0.15, 0.2) is 0 Å². The number of rotatable bonds is 5. The average Bonchev–Trinajstić information content (AvgIpc) is 3.73. The highest BCUT2D eigenvalue weighted by Gasteiger charge is 2.44. The molecule has 3 aliphatic heterocycles. The summed E-state index contributed by atoms with van der Waals surface area (Å²) in [6.45, 7) is 1.43. The number of thioether (sulfide) groups is 1. The van der Waals surface area contributed by atoms with Gasteiger partial charge in [-0.15, -0.1) is 11.8 Å². The molecule has 3 aliphatic rings. The molecular formula is C35H48N8O12S. The number of aliphatic hydroxyl groups excluding tert-OH is 4. The Morgan fingerprint density at radius 3 is 2.11 bits per heavy atom. The van der Waals surface area contributed by atoms with Gasteiger partial charge in [0.2, 0.25) is 41.4 Å². The van der Waals surface area contributed by atoms with Crippen LogP contribution in [0.5, 0.6) is 0 Å². The molecule has 20 nitrogen and oxygen atoms in total. The lowest BCUT2D eigenvalue weighted by Gasteiger charge is -2.31. The van der Waals surface area contributed by atoms with E-state index < -0.39 is 121 Å². The Kier molecular flexibility index (Phi) is 13.3. The van der Waals surface area contributed by atoms with Crippen LogP contribution in [0.25, 0.3) is 10.9 Å². The summed E-state index contributed by atoms with van der Waals surface area (Å²) in [6, 6.07) is -3.33. The molecule has 21 heteroatoms. The van der Waals surface area contributed by atoms with Crippen molar-refractivity contribution in [2.45, 2.75) is 105 Å². The number of nitrogens with zero attached hydrogens (tertiary/aromatic N) is 1. The summed E-state index contributed by atoms with van der Waals surface area (Å²) >= 11 is 1.06. The van der Waals surface area contributed by atoms with Crippen molar-refractivity contribution >= 4 is 64.0 Å². The van der Waals surface area contributed by atoms with E-state index in [4.69, 9.17) is 0 Å². The van der Waals surface area contributed by atoms with Crippen molar-refractivity contribution in [3.05, 3.63) is 29.8 Å². The average molecular weight is 805 g/mol. The molecule has 0 aliphatic carbocycles. The van der Waals surface area contributed by atoms with E-state index in [9.17, 15) is 59.1 Å². The third-order valence-corrected chi connectivity index (χ3v) is 11.2. The fourth-order valence-corrected chi connectivity index (χ4v) is 7.91. The number of aromatic nitrogens is 1. The molecule has 1 aromatic heterocycles. The Hall–Kier alpha value is -4.80. The fraction of sp³-hybridized carbons (Fsp3) is 0.571. The summed E-state index contributed by atoms with van der Waals surface area (Å²) in [6.07, 6.45) is -3.87. The van der Waals surface area contributed by atoms with Gasteiger partial charge in [0.25, 0.3) is 0 Å². The van der Waals surface area contributed by atoms with Crippen molar-refractivity contribution in [3.63, 3.8) is 0 Å². The molecule has 2 aromatic rings. The minimum Gasteiger partial charge on any atom is -0.393 e. The highest BCUT2D eigenvalue weighted by atomic mass is 32.2. The van der Waals surface area contributed by atoms with Gasteiger partial charge in [0.1, 0.15) is 47.9 Å². The van der Waals surface area contributed by atoms with Gasteiger partial charge in [0, 0.05) is 42.5 Å². The summed E-state index contributed by atoms with van der Waals surface area (Å²) < 4.78 is 0. The number of aromatic amines is 1. The van der Waals surface area contributed by atoms with Crippen LogP contribution < -0.4 is 31.9 Å². The van der Waals surface area contributed by atoms with Crippen molar-refractivity contribution in [1.29, 1.82) is 0 Å². The molecule has 1 fully saturated rings. The fourth-order valence-electron chi connectivity index (χ4n) is 6.80. The van der Waals surface area contributed by atoms with Gasteiger partial charge < -0.3 is 67.3 Å². The standard InChI is InChI=1S/C35H48N8O12S/c1-15-27(48)38-22-9-20-19-6-4-5-7-21(19)41-33(20)56-12-24(34(54)43-11-18(47)8-25(43)31(52)37-15)40-32(53)26(17(3)46)42-28(49)16(2)36-30(51)23(39-29(22)50)10-35(55,13-44)14-45/h4-7,15-18,22-26,41,44-47,55H,8-14H2,1-3H3,(H,36,51)(H,37,52)(H,38,48)(H,39,50)(H,40,53)(H,42,49). The normalized spacial score (nSPS) is 29.6. The van der Waals surface area contributed by atoms with Crippen molar-refractivity contribution in [2.24, 2.45) is 0 Å². The van der Waals surface area contributed by atoms with E-state index in [2.05, 4.69) is 36.9 Å². The smallest absolute Gasteiger partial charge is 0.246 e. The first-order valence-corrected chi connectivity index (χ1v) is 19.1. The van der Waals surface area contributed by atoms with E-state index >= 15 is 0 Å². The van der Waals surface area contributed by atoms with Crippen LogP contribution in [-0.4, -0.2) is 162 Å². The van der Waals surface area contributed by atoms with Gasteiger partial charge in [0.05, 0.1) is 30.4 Å². The summed E-state index contributed by atoms with van der Waals surface area (Å²) in [5, 5.41) is 67.8. The first-order chi connectivity index (χ1) is 26.4. The summed E-state index contributed by atoms with van der Waals surface area (Å²) in [5.41, 5.74) is -1.21. The number of H-pyrrole nitrogens is 1. The molecule has 4 heterocycles. The maximum atomic E-state index is 14.3. The van der Waals surface area contributed by atoms with Crippen LogP contribution in [0, 0.1) is 0 Å². The van der Waals surface area contributed by atoms with Crippen LogP contribution in [0.1, 0.15) is 39.2 Å². The summed E-state index contributed by atoms with van der Waals surface area (Å²) in [7, 11) is 0.